The molecule has 0 radical (unpaired) electrons. The number of hydrogen-bond acceptors (Lipinski definition) is 5. The molecule has 0 saturated carbocycles. The number of hydrogen-bond donors (Lipinski definition) is 2. The van der Waals surface area contributed by atoms with Crippen LogP contribution in [0.4, 0.5) is 11.6 Å². The molecule has 4 aromatic rings. The molecule has 5 rings (SSSR count). The number of benzene rings is 3. The Morgan fingerprint density at radius 1 is 1.08 bits per heavy atom. The molecule has 3 aromatic carbocycles. The van der Waals surface area contributed by atoms with E-state index in [1.54, 1.807) is 16.8 Å². The van der Waals surface area contributed by atoms with Crippen molar-refractivity contribution < 1.29 is 9.53 Å². The number of carbonyl (C=O) groups is 1. The molecule has 0 spiro atoms. The van der Waals surface area contributed by atoms with Crippen LogP contribution >= 0.6 is 23.2 Å². The third-order valence-corrected chi connectivity index (χ3v) is 7.06. The van der Waals surface area contributed by atoms with Crippen molar-refractivity contribution in [1.29, 1.82) is 0 Å². The molecule has 0 bridgehead atoms. The van der Waals surface area contributed by atoms with E-state index in [2.05, 4.69) is 20.7 Å². The lowest BCUT2D eigenvalue weighted by atomic mass is 9.94. The Kier molecular flexibility index (Phi) is 6.91. The third kappa shape index (κ3) is 5.05. The number of ether oxygens (including phenoxy) is 1. The molecule has 0 saturated heterocycles. The first-order chi connectivity index (χ1) is 17.8. The summed E-state index contributed by atoms with van der Waals surface area (Å²) in [4.78, 5) is 18.0. The van der Waals surface area contributed by atoms with Gasteiger partial charge >= 0.3 is 0 Å². The number of carbonyl (C=O) groups excluding carboxylic acids is 1. The molecule has 1 aromatic heterocycles. The Balaban J connectivity index is 1.47. The van der Waals surface area contributed by atoms with E-state index in [0.717, 1.165) is 27.9 Å². The Morgan fingerprint density at radius 3 is 2.70 bits per heavy atom. The fourth-order valence-corrected chi connectivity index (χ4v) is 4.81. The van der Waals surface area contributed by atoms with E-state index in [4.69, 9.17) is 27.9 Å². The second kappa shape index (κ2) is 10.3. The first-order valence-electron chi connectivity index (χ1n) is 11.7. The second-order valence-electron chi connectivity index (χ2n) is 8.89. The number of amides is 1. The van der Waals surface area contributed by atoms with Gasteiger partial charge in [-0.05, 0) is 67.8 Å². The number of allylic oxidation sites excluding steroid dienone is 1. The van der Waals surface area contributed by atoms with Crippen molar-refractivity contribution in [3.63, 3.8) is 0 Å². The highest BCUT2D eigenvalue weighted by atomic mass is 35.5. The van der Waals surface area contributed by atoms with Crippen molar-refractivity contribution in [2.45, 2.75) is 33.4 Å². The zero-order valence-electron chi connectivity index (χ0n) is 20.5. The van der Waals surface area contributed by atoms with Crippen LogP contribution < -0.4 is 15.4 Å². The van der Waals surface area contributed by atoms with Crippen molar-refractivity contribution in [3.05, 3.63) is 111 Å². The summed E-state index contributed by atoms with van der Waals surface area (Å²) in [6.07, 6.45) is 1.47. The minimum absolute atomic E-state index is 0.218. The quantitative estimate of drug-likeness (QED) is 0.288. The van der Waals surface area contributed by atoms with Crippen LogP contribution in [0.2, 0.25) is 10.0 Å². The summed E-state index contributed by atoms with van der Waals surface area (Å²) in [5, 5.41) is 11.8. The van der Waals surface area contributed by atoms with Gasteiger partial charge in [0.1, 0.15) is 24.7 Å². The maximum Gasteiger partial charge on any atom is 0.255 e. The van der Waals surface area contributed by atoms with Crippen molar-refractivity contribution >= 4 is 40.7 Å². The van der Waals surface area contributed by atoms with Gasteiger partial charge in [-0.15, -0.1) is 0 Å². The van der Waals surface area contributed by atoms with Crippen LogP contribution in [0, 0.1) is 13.8 Å². The molecule has 7 nitrogen and oxygen atoms in total. The normalized spacial score (nSPS) is 14.7. The van der Waals surface area contributed by atoms with E-state index < -0.39 is 6.04 Å². The summed E-state index contributed by atoms with van der Waals surface area (Å²) < 4.78 is 7.76. The maximum absolute atomic E-state index is 13.7. The first-order valence-corrected chi connectivity index (χ1v) is 12.5. The molecular formula is C28H25Cl2N5O2. The van der Waals surface area contributed by atoms with E-state index in [1.807, 2.05) is 69.3 Å². The molecule has 9 heteroatoms. The Hall–Kier alpha value is -3.81. The van der Waals surface area contributed by atoms with Crippen LogP contribution in [0.5, 0.6) is 5.75 Å². The van der Waals surface area contributed by atoms with Crippen molar-refractivity contribution in [2.75, 3.05) is 10.6 Å². The number of halogens is 2. The van der Waals surface area contributed by atoms with Gasteiger partial charge in [0, 0.05) is 27.0 Å². The minimum atomic E-state index is -0.508. The summed E-state index contributed by atoms with van der Waals surface area (Å²) in [6, 6.07) is 18.3. The van der Waals surface area contributed by atoms with Crippen molar-refractivity contribution in [3.8, 4) is 5.75 Å². The van der Waals surface area contributed by atoms with Crippen LogP contribution in [0.3, 0.4) is 0 Å². The van der Waals surface area contributed by atoms with Gasteiger partial charge in [-0.3, -0.25) is 4.79 Å². The molecule has 1 unspecified atom stereocenters. The van der Waals surface area contributed by atoms with E-state index in [1.165, 1.54) is 6.33 Å². The molecule has 1 amide bonds. The van der Waals surface area contributed by atoms with E-state index >= 15 is 0 Å². The molecule has 188 valence electrons. The second-order valence-corrected chi connectivity index (χ2v) is 9.74. The zero-order chi connectivity index (χ0) is 26.1. The van der Waals surface area contributed by atoms with E-state index in [-0.39, 0.29) is 12.5 Å². The van der Waals surface area contributed by atoms with Gasteiger partial charge in [-0.25, -0.2) is 4.68 Å². The molecular weight excluding hydrogens is 509 g/mol. The molecule has 1 atom stereocenters. The smallest absolute Gasteiger partial charge is 0.255 e. The summed E-state index contributed by atoms with van der Waals surface area (Å²) in [5.74, 6) is 0.977. The van der Waals surface area contributed by atoms with Crippen LogP contribution in [-0.2, 0) is 11.4 Å². The predicted molar refractivity (Wildman–Crippen MR) is 146 cm³/mol. The van der Waals surface area contributed by atoms with Gasteiger partial charge in [-0.2, -0.15) is 10.1 Å². The molecule has 1 aliphatic heterocycles. The number of rotatable bonds is 6. The Labute approximate surface area is 225 Å². The van der Waals surface area contributed by atoms with E-state index in [9.17, 15) is 4.79 Å². The standard InChI is InChI=1S/C28H25Cl2N5O2/c1-16-6-4-9-24(17(16)2)34-27(36)25-18(3)33-28-31-15-32-35(28)26(25)19-7-5-8-22(12-19)37-14-20-10-11-21(29)13-23(20)30/h4-13,15,26H,14H2,1-3H3,(H,34,36)(H,31,32,33). The maximum atomic E-state index is 13.7. The lowest BCUT2D eigenvalue weighted by molar-refractivity contribution is -0.113. The number of aromatic nitrogens is 3. The van der Waals surface area contributed by atoms with Gasteiger partial charge in [0.25, 0.3) is 5.91 Å². The highest BCUT2D eigenvalue weighted by Crippen LogP contribution is 2.37. The molecule has 37 heavy (non-hydrogen) atoms. The van der Waals surface area contributed by atoms with Crippen LogP contribution in [0.1, 0.15) is 35.2 Å². The monoisotopic (exact) mass is 533 g/mol. The van der Waals surface area contributed by atoms with Gasteiger partial charge in [0.05, 0.1) is 5.57 Å². The van der Waals surface area contributed by atoms with Gasteiger partial charge in [0.2, 0.25) is 5.95 Å². The largest absolute Gasteiger partial charge is 0.489 e. The average Bonchev–Trinajstić information content (AvgIpc) is 3.33. The van der Waals surface area contributed by atoms with Crippen LogP contribution in [0.15, 0.2) is 78.3 Å². The van der Waals surface area contributed by atoms with Crippen LogP contribution in [-0.4, -0.2) is 20.7 Å². The Morgan fingerprint density at radius 2 is 1.89 bits per heavy atom. The summed E-state index contributed by atoms with van der Waals surface area (Å²) in [7, 11) is 0. The third-order valence-electron chi connectivity index (χ3n) is 6.48. The molecule has 1 aliphatic rings. The summed E-state index contributed by atoms with van der Waals surface area (Å²) >= 11 is 12.3. The molecule has 2 heterocycles. The van der Waals surface area contributed by atoms with Gasteiger partial charge in [-0.1, -0.05) is 53.5 Å². The molecule has 2 N–H and O–H groups in total. The zero-order valence-corrected chi connectivity index (χ0v) is 22.1. The van der Waals surface area contributed by atoms with Crippen molar-refractivity contribution in [1.82, 2.24) is 14.8 Å². The number of nitrogens with one attached hydrogen (secondary N) is 2. The number of anilines is 2. The van der Waals surface area contributed by atoms with Gasteiger partial charge in [0.15, 0.2) is 0 Å². The SMILES string of the molecule is CC1=C(C(=O)Nc2cccc(C)c2C)C(c2cccc(OCc3ccc(Cl)cc3Cl)c2)n2ncnc2N1. The highest BCUT2D eigenvalue weighted by molar-refractivity contribution is 6.35. The first kappa shape index (κ1) is 24.9. The number of aryl methyl sites for hydroxylation is 1. The fourth-order valence-electron chi connectivity index (χ4n) is 4.34. The lowest BCUT2D eigenvalue weighted by Gasteiger charge is -2.29. The average molecular weight is 534 g/mol. The van der Waals surface area contributed by atoms with Crippen LogP contribution in [0.25, 0.3) is 0 Å². The number of fused-ring (bicyclic) bond motifs is 1. The minimum Gasteiger partial charge on any atom is -0.489 e. The number of nitrogens with zero attached hydrogens (tertiary/aromatic N) is 3. The topological polar surface area (TPSA) is 81.1 Å². The highest BCUT2D eigenvalue weighted by Gasteiger charge is 2.33. The van der Waals surface area contributed by atoms with Gasteiger partial charge < -0.3 is 15.4 Å². The summed E-state index contributed by atoms with van der Waals surface area (Å²) in [5.41, 5.74) is 5.78. The lowest BCUT2D eigenvalue weighted by Crippen LogP contribution is -2.31. The Bertz CT molecular complexity index is 1530. The van der Waals surface area contributed by atoms with Crippen molar-refractivity contribution in [2.24, 2.45) is 0 Å². The summed E-state index contributed by atoms with van der Waals surface area (Å²) in [6.45, 7) is 6.15. The van der Waals surface area contributed by atoms with E-state index in [0.29, 0.717) is 33.0 Å². The fraction of sp³-hybridized carbons (Fsp3) is 0.179. The predicted octanol–water partition coefficient (Wildman–Crippen LogP) is 6.71. The molecule has 0 fully saturated rings. The molecule has 0 aliphatic carbocycles.